The molecule has 2 aromatic rings. The van der Waals surface area contributed by atoms with Crippen molar-refractivity contribution in [1.29, 1.82) is 5.41 Å². The van der Waals surface area contributed by atoms with Crippen LogP contribution in [0.4, 0.5) is 11.4 Å². The summed E-state index contributed by atoms with van der Waals surface area (Å²) >= 11 is 0. The van der Waals surface area contributed by atoms with E-state index in [0.29, 0.717) is 11.3 Å². The summed E-state index contributed by atoms with van der Waals surface area (Å²) in [5.41, 5.74) is 15.5. The molecular formula is C21H28N6O. The molecule has 0 aromatic heterocycles. The smallest absolute Gasteiger partial charge is 0.0877 e. The molecule has 0 aliphatic carbocycles. The molecule has 1 aliphatic rings. The average molecular weight is 380 g/mol. The van der Waals surface area contributed by atoms with Gasteiger partial charge in [-0.25, -0.2) is 5.84 Å². The van der Waals surface area contributed by atoms with E-state index >= 15 is 0 Å². The Morgan fingerprint density at radius 2 is 1.89 bits per heavy atom. The highest BCUT2D eigenvalue weighted by Gasteiger charge is 2.11. The molecule has 0 spiro atoms. The molecule has 148 valence electrons. The lowest BCUT2D eigenvalue weighted by Gasteiger charge is -2.26. The second-order valence-electron chi connectivity index (χ2n) is 6.83. The van der Waals surface area contributed by atoms with Crippen LogP contribution >= 0.6 is 0 Å². The van der Waals surface area contributed by atoms with Crippen LogP contribution in [0.5, 0.6) is 0 Å². The summed E-state index contributed by atoms with van der Waals surface area (Å²) < 4.78 is 5.39. The van der Waals surface area contributed by atoms with E-state index in [4.69, 9.17) is 27.5 Å². The van der Waals surface area contributed by atoms with Gasteiger partial charge in [-0.15, -0.1) is 0 Å². The topological polar surface area (TPSA) is 118 Å². The number of hydrazine groups is 1. The molecule has 0 atom stereocenters. The first-order valence-corrected chi connectivity index (χ1v) is 9.38. The van der Waals surface area contributed by atoms with Crippen molar-refractivity contribution in [3.8, 4) is 0 Å². The first-order valence-electron chi connectivity index (χ1n) is 9.38. The first-order chi connectivity index (χ1) is 13.5. The Hall–Kier alpha value is -2.87. The standard InChI is InChI=1S/C21H28N6O/c22-19-7-2-1-6-18(19)21(24)20(23)15-27(25)17-5-3-4-16(14-17)8-9-26-10-12-28-13-11-26/h1-7,14-15,24H,8-13,22-23,25H2/b20-15-,24-21?. The highest BCUT2D eigenvalue weighted by atomic mass is 16.5. The van der Waals surface area contributed by atoms with Gasteiger partial charge in [-0.3, -0.25) is 15.3 Å². The van der Waals surface area contributed by atoms with Crippen LogP contribution in [-0.2, 0) is 11.2 Å². The number of benzene rings is 2. The van der Waals surface area contributed by atoms with Gasteiger partial charge in [0.2, 0.25) is 0 Å². The lowest BCUT2D eigenvalue weighted by molar-refractivity contribution is 0.0384. The summed E-state index contributed by atoms with van der Waals surface area (Å²) in [5.74, 6) is 6.18. The number of allylic oxidation sites excluding steroid dienone is 1. The Morgan fingerprint density at radius 1 is 1.14 bits per heavy atom. The molecule has 7 heteroatoms. The number of nitrogens with two attached hydrogens (primary N) is 3. The van der Waals surface area contributed by atoms with Gasteiger partial charge in [0.15, 0.2) is 0 Å². The van der Waals surface area contributed by atoms with Crippen LogP contribution in [-0.4, -0.2) is 43.5 Å². The van der Waals surface area contributed by atoms with Crippen LogP contribution < -0.4 is 22.3 Å². The van der Waals surface area contributed by atoms with Crippen molar-refractivity contribution in [3.63, 3.8) is 0 Å². The van der Waals surface area contributed by atoms with Gasteiger partial charge in [0.1, 0.15) is 0 Å². The van der Waals surface area contributed by atoms with E-state index in [9.17, 15) is 0 Å². The zero-order chi connectivity index (χ0) is 19.9. The number of anilines is 2. The monoisotopic (exact) mass is 380 g/mol. The Morgan fingerprint density at radius 3 is 2.64 bits per heavy atom. The van der Waals surface area contributed by atoms with Crippen LogP contribution in [0.1, 0.15) is 11.1 Å². The molecular weight excluding hydrogens is 352 g/mol. The zero-order valence-corrected chi connectivity index (χ0v) is 16.0. The minimum absolute atomic E-state index is 0.150. The Bertz CT molecular complexity index is 844. The van der Waals surface area contributed by atoms with Crippen LogP contribution in [0.25, 0.3) is 0 Å². The van der Waals surface area contributed by atoms with Crippen LogP contribution in [0.2, 0.25) is 0 Å². The molecule has 0 unspecified atom stereocenters. The Kier molecular flexibility index (Phi) is 6.65. The highest BCUT2D eigenvalue weighted by Crippen LogP contribution is 2.17. The normalized spacial score (nSPS) is 15.4. The number of ether oxygens (including phenoxy) is 1. The maximum absolute atomic E-state index is 8.28. The van der Waals surface area contributed by atoms with Crippen LogP contribution in [0.15, 0.2) is 60.4 Å². The van der Waals surface area contributed by atoms with Crippen molar-refractivity contribution in [3.05, 3.63) is 71.6 Å². The summed E-state index contributed by atoms with van der Waals surface area (Å²) in [4.78, 5) is 2.40. The molecule has 7 N–H and O–H groups in total. The molecule has 1 saturated heterocycles. The van der Waals surface area contributed by atoms with E-state index in [1.54, 1.807) is 18.3 Å². The largest absolute Gasteiger partial charge is 0.398 e. The molecule has 0 saturated carbocycles. The van der Waals surface area contributed by atoms with Gasteiger partial charge in [0, 0.05) is 37.1 Å². The molecule has 1 aliphatic heterocycles. The summed E-state index contributed by atoms with van der Waals surface area (Å²) in [5, 5.41) is 9.73. The molecule has 1 heterocycles. The van der Waals surface area contributed by atoms with Crippen molar-refractivity contribution in [2.24, 2.45) is 11.6 Å². The number of nitrogen functional groups attached to an aromatic ring is 1. The second kappa shape index (κ2) is 9.36. The van der Waals surface area contributed by atoms with Gasteiger partial charge in [-0.1, -0.05) is 30.3 Å². The third kappa shape index (κ3) is 5.10. The number of morpholine rings is 1. The van der Waals surface area contributed by atoms with Crippen molar-refractivity contribution in [2.75, 3.05) is 43.6 Å². The van der Waals surface area contributed by atoms with E-state index in [2.05, 4.69) is 11.0 Å². The Labute approximate surface area is 165 Å². The third-order valence-corrected chi connectivity index (χ3v) is 4.83. The molecule has 0 bridgehead atoms. The maximum atomic E-state index is 8.28. The van der Waals surface area contributed by atoms with Crippen molar-refractivity contribution < 1.29 is 4.74 Å². The van der Waals surface area contributed by atoms with E-state index in [0.717, 1.165) is 45.0 Å². The zero-order valence-electron chi connectivity index (χ0n) is 16.0. The highest BCUT2D eigenvalue weighted by molar-refractivity contribution is 6.13. The van der Waals surface area contributed by atoms with Crippen LogP contribution in [0.3, 0.4) is 0 Å². The summed E-state index contributed by atoms with van der Waals surface area (Å²) in [6.45, 7) is 4.56. The molecule has 2 aromatic carbocycles. The molecule has 3 rings (SSSR count). The number of nitrogens with zero attached hydrogens (tertiary/aromatic N) is 2. The molecule has 0 amide bonds. The van der Waals surface area contributed by atoms with Crippen molar-refractivity contribution in [1.82, 2.24) is 4.90 Å². The molecule has 1 fully saturated rings. The fourth-order valence-corrected chi connectivity index (χ4v) is 3.15. The van der Waals surface area contributed by atoms with Gasteiger partial charge in [0.05, 0.1) is 30.3 Å². The van der Waals surface area contributed by atoms with E-state index in [1.165, 1.54) is 10.6 Å². The van der Waals surface area contributed by atoms with Crippen molar-refractivity contribution >= 4 is 17.1 Å². The number of hydrogen-bond donors (Lipinski definition) is 4. The van der Waals surface area contributed by atoms with Gasteiger partial charge < -0.3 is 16.2 Å². The van der Waals surface area contributed by atoms with Crippen LogP contribution in [0, 0.1) is 5.41 Å². The van der Waals surface area contributed by atoms with Gasteiger partial charge in [-0.05, 0) is 30.2 Å². The predicted octanol–water partition coefficient (Wildman–Crippen LogP) is 1.69. The number of hydrogen-bond acceptors (Lipinski definition) is 7. The molecule has 0 radical (unpaired) electrons. The predicted molar refractivity (Wildman–Crippen MR) is 114 cm³/mol. The maximum Gasteiger partial charge on any atom is 0.0877 e. The number of rotatable bonds is 7. The number of nitrogens with one attached hydrogen (secondary N) is 1. The van der Waals surface area contributed by atoms with E-state index in [-0.39, 0.29) is 11.4 Å². The third-order valence-electron chi connectivity index (χ3n) is 4.83. The van der Waals surface area contributed by atoms with Gasteiger partial charge in [-0.2, -0.15) is 0 Å². The summed E-state index contributed by atoms with van der Waals surface area (Å²) in [6, 6.07) is 15.2. The van der Waals surface area contributed by atoms with E-state index in [1.807, 2.05) is 30.3 Å². The molecule has 7 nitrogen and oxygen atoms in total. The minimum Gasteiger partial charge on any atom is -0.398 e. The second-order valence-corrected chi connectivity index (χ2v) is 6.83. The van der Waals surface area contributed by atoms with Crippen molar-refractivity contribution in [2.45, 2.75) is 6.42 Å². The lowest BCUT2D eigenvalue weighted by atomic mass is 10.1. The molecule has 28 heavy (non-hydrogen) atoms. The summed E-state index contributed by atoms with van der Waals surface area (Å²) in [6.07, 6.45) is 2.49. The number of para-hydroxylation sites is 1. The SMILES string of the molecule is N=C(/C(N)=C/N(N)c1cccc(CCN2CCOCC2)c1)c1ccccc1N. The lowest BCUT2D eigenvalue weighted by Crippen LogP contribution is -2.37. The van der Waals surface area contributed by atoms with Gasteiger partial charge >= 0.3 is 0 Å². The Balaban J connectivity index is 1.66. The fraction of sp³-hybridized carbons (Fsp3) is 0.286. The van der Waals surface area contributed by atoms with E-state index < -0.39 is 0 Å². The average Bonchev–Trinajstić information content (AvgIpc) is 2.73. The first kappa shape index (κ1) is 19.9. The summed E-state index contributed by atoms with van der Waals surface area (Å²) in [7, 11) is 0. The fourth-order valence-electron chi connectivity index (χ4n) is 3.15. The van der Waals surface area contributed by atoms with Gasteiger partial charge in [0.25, 0.3) is 0 Å². The quantitative estimate of drug-likeness (QED) is 0.251. The minimum atomic E-state index is 0.150.